The summed E-state index contributed by atoms with van der Waals surface area (Å²) in [5.41, 5.74) is 5.15. The lowest BCUT2D eigenvalue weighted by Crippen LogP contribution is -2.53. The fraction of sp³-hybridized carbons (Fsp3) is 0.425. The number of nitrogens with one attached hydrogen (secondary N) is 3. The van der Waals surface area contributed by atoms with Crippen LogP contribution in [0.5, 0.6) is 0 Å². The lowest BCUT2D eigenvalue weighted by molar-refractivity contribution is -0.124. The zero-order valence-electron chi connectivity index (χ0n) is 31.2. The van der Waals surface area contributed by atoms with E-state index < -0.39 is 12.1 Å². The molecule has 0 spiro atoms. The van der Waals surface area contributed by atoms with Crippen LogP contribution in [0.4, 0.5) is 9.59 Å². The molecule has 2 aromatic carbocycles. The standard InChI is InChI=1S/C40H51N7O5S2/c1-29(2)38-43-34(27-53-38)25-46(3)39(49)45-36(16-17-47-18-20-51-21-19-47)37(48)42-32(22-30-10-6-4-7-11-30)14-15-33(23-31-12-8-5-9-13-31)44-40(50)52-26-35-24-41-28-54-35/h4-13,23-24,27-29,32,36H,14-22,25-26H2,1-3H3,(H,42,48)(H,44,50)(H,45,49)/b33-23-/t32-,36+/m1/s1. The Bertz CT molecular complexity index is 1760. The van der Waals surface area contributed by atoms with Crippen LogP contribution in [0.25, 0.3) is 6.08 Å². The Hall–Kier alpha value is -4.63. The third-order valence-corrected chi connectivity index (χ3v) is 10.9. The van der Waals surface area contributed by atoms with Crippen molar-refractivity contribution in [2.24, 2.45) is 0 Å². The van der Waals surface area contributed by atoms with Crippen molar-refractivity contribution in [2.45, 2.75) is 70.7 Å². The Morgan fingerprint density at radius 3 is 2.43 bits per heavy atom. The van der Waals surface area contributed by atoms with E-state index in [1.165, 1.54) is 11.3 Å². The van der Waals surface area contributed by atoms with Gasteiger partial charge in [0.25, 0.3) is 0 Å². The highest BCUT2D eigenvalue weighted by atomic mass is 32.1. The van der Waals surface area contributed by atoms with Crippen molar-refractivity contribution in [1.29, 1.82) is 0 Å². The van der Waals surface area contributed by atoms with Crippen LogP contribution in [-0.2, 0) is 33.8 Å². The summed E-state index contributed by atoms with van der Waals surface area (Å²) in [6.45, 7) is 8.11. The van der Waals surface area contributed by atoms with Crippen LogP contribution in [0.1, 0.15) is 65.7 Å². The summed E-state index contributed by atoms with van der Waals surface area (Å²) >= 11 is 3.01. The van der Waals surface area contributed by atoms with Gasteiger partial charge in [0.15, 0.2) is 0 Å². The van der Waals surface area contributed by atoms with Crippen molar-refractivity contribution in [1.82, 2.24) is 35.7 Å². The molecule has 0 saturated carbocycles. The summed E-state index contributed by atoms with van der Waals surface area (Å²) in [6, 6.07) is 18.3. The normalized spacial score (nSPS) is 14.6. The molecule has 1 saturated heterocycles. The highest BCUT2D eigenvalue weighted by Crippen LogP contribution is 2.20. The van der Waals surface area contributed by atoms with E-state index in [9.17, 15) is 14.4 Å². The van der Waals surface area contributed by atoms with Gasteiger partial charge in [0, 0.05) is 55.9 Å². The first-order valence-electron chi connectivity index (χ1n) is 18.4. The Kier molecular flexibility index (Phi) is 16.0. The second-order valence-corrected chi connectivity index (χ2v) is 15.5. The minimum Gasteiger partial charge on any atom is -0.444 e. The number of ether oxygens (including phenoxy) is 2. The maximum atomic E-state index is 14.2. The number of allylic oxidation sites excluding steroid dienone is 1. The molecule has 0 unspecified atom stereocenters. The number of morpholine rings is 1. The minimum absolute atomic E-state index is 0.122. The largest absolute Gasteiger partial charge is 0.444 e. The second-order valence-electron chi connectivity index (χ2n) is 13.6. The number of amides is 4. The van der Waals surface area contributed by atoms with Crippen LogP contribution in [0.15, 0.2) is 83.4 Å². The number of carbonyl (C=O) groups excluding carboxylic acids is 3. The lowest BCUT2D eigenvalue weighted by atomic mass is 9.99. The van der Waals surface area contributed by atoms with Gasteiger partial charge in [-0.2, -0.15) is 0 Å². The Morgan fingerprint density at radius 1 is 1.00 bits per heavy atom. The monoisotopic (exact) mass is 773 g/mol. The van der Waals surface area contributed by atoms with Crippen LogP contribution in [0, 0.1) is 0 Å². The Balaban J connectivity index is 1.29. The van der Waals surface area contributed by atoms with Crippen LogP contribution in [0.3, 0.4) is 0 Å². The van der Waals surface area contributed by atoms with Gasteiger partial charge in [-0.25, -0.2) is 14.6 Å². The maximum absolute atomic E-state index is 14.2. The molecule has 3 heterocycles. The highest BCUT2D eigenvalue weighted by Gasteiger charge is 2.27. The number of urea groups is 1. The summed E-state index contributed by atoms with van der Waals surface area (Å²) in [5, 5.41) is 12.2. The molecule has 0 radical (unpaired) electrons. The van der Waals surface area contributed by atoms with Gasteiger partial charge in [-0.05, 0) is 42.9 Å². The zero-order valence-corrected chi connectivity index (χ0v) is 32.9. The molecule has 2 aromatic heterocycles. The average Bonchev–Trinajstić information content (AvgIpc) is 3.89. The van der Waals surface area contributed by atoms with Gasteiger partial charge in [-0.3, -0.25) is 20.0 Å². The van der Waals surface area contributed by atoms with E-state index in [2.05, 4.69) is 44.7 Å². The first-order chi connectivity index (χ1) is 26.2. The molecule has 2 atom stereocenters. The van der Waals surface area contributed by atoms with Gasteiger partial charge in [0.2, 0.25) is 5.91 Å². The van der Waals surface area contributed by atoms with E-state index in [1.807, 2.05) is 72.1 Å². The van der Waals surface area contributed by atoms with Crippen LogP contribution in [0.2, 0.25) is 0 Å². The van der Waals surface area contributed by atoms with Crippen molar-refractivity contribution in [3.8, 4) is 0 Å². The molecular formula is C40H51N7O5S2. The van der Waals surface area contributed by atoms with Crippen LogP contribution < -0.4 is 16.0 Å². The number of thiazole rings is 2. The van der Waals surface area contributed by atoms with Gasteiger partial charge < -0.3 is 25.0 Å². The van der Waals surface area contributed by atoms with Crippen LogP contribution in [-0.4, -0.2) is 89.8 Å². The van der Waals surface area contributed by atoms with Crippen molar-refractivity contribution in [2.75, 3.05) is 39.9 Å². The van der Waals surface area contributed by atoms with Gasteiger partial charge in [-0.15, -0.1) is 22.7 Å². The Morgan fingerprint density at radius 2 is 1.74 bits per heavy atom. The molecular weight excluding hydrogens is 723 g/mol. The van der Waals surface area contributed by atoms with Gasteiger partial charge in [-0.1, -0.05) is 74.5 Å². The van der Waals surface area contributed by atoms with E-state index >= 15 is 0 Å². The third-order valence-electron chi connectivity index (χ3n) is 8.93. The topological polar surface area (TPSA) is 138 Å². The molecule has 4 aromatic rings. The summed E-state index contributed by atoms with van der Waals surface area (Å²) in [5.74, 6) is 0.0517. The molecule has 14 heteroatoms. The Labute approximate surface area is 326 Å². The molecule has 0 aliphatic carbocycles. The van der Waals surface area contributed by atoms with Crippen molar-refractivity contribution < 1.29 is 23.9 Å². The van der Waals surface area contributed by atoms with Gasteiger partial charge in [0.1, 0.15) is 12.6 Å². The summed E-state index contributed by atoms with van der Waals surface area (Å²) in [7, 11) is 1.72. The number of hydrogen-bond donors (Lipinski definition) is 3. The summed E-state index contributed by atoms with van der Waals surface area (Å²) in [4.78, 5) is 54.1. The van der Waals surface area contributed by atoms with Crippen molar-refractivity contribution >= 4 is 46.8 Å². The quantitative estimate of drug-likeness (QED) is 0.105. The molecule has 5 rings (SSSR count). The number of benzene rings is 2. The first kappa shape index (κ1) is 40.6. The predicted molar refractivity (Wildman–Crippen MR) is 213 cm³/mol. The fourth-order valence-electron chi connectivity index (χ4n) is 5.93. The molecule has 12 nitrogen and oxygen atoms in total. The molecule has 1 aliphatic heterocycles. The zero-order chi connectivity index (χ0) is 38.1. The maximum Gasteiger partial charge on any atom is 0.411 e. The average molecular weight is 774 g/mol. The molecule has 0 bridgehead atoms. The number of carbonyl (C=O) groups is 3. The van der Waals surface area contributed by atoms with Crippen molar-refractivity contribution in [3.63, 3.8) is 0 Å². The fourth-order valence-corrected chi connectivity index (χ4v) is 7.27. The van der Waals surface area contributed by atoms with E-state index in [-0.39, 0.29) is 24.6 Å². The van der Waals surface area contributed by atoms with Gasteiger partial charge in [0.05, 0.1) is 40.8 Å². The molecule has 1 aliphatic rings. The lowest BCUT2D eigenvalue weighted by Gasteiger charge is -2.30. The molecule has 288 valence electrons. The number of hydrogen-bond acceptors (Lipinski definition) is 10. The molecule has 4 amide bonds. The molecule has 54 heavy (non-hydrogen) atoms. The predicted octanol–water partition coefficient (Wildman–Crippen LogP) is 6.43. The number of rotatable bonds is 18. The number of alkyl carbamates (subject to hydrolysis) is 1. The van der Waals surface area contributed by atoms with Gasteiger partial charge >= 0.3 is 12.1 Å². The third kappa shape index (κ3) is 13.7. The number of nitrogens with zero attached hydrogens (tertiary/aromatic N) is 4. The smallest absolute Gasteiger partial charge is 0.411 e. The van der Waals surface area contributed by atoms with E-state index in [0.717, 1.165) is 39.8 Å². The number of aromatic nitrogens is 2. The van der Waals surface area contributed by atoms with Crippen molar-refractivity contribution in [3.05, 3.63) is 110 Å². The highest BCUT2D eigenvalue weighted by molar-refractivity contribution is 7.09. The minimum atomic E-state index is -0.776. The summed E-state index contributed by atoms with van der Waals surface area (Å²) in [6.07, 6.45) is 4.98. The van der Waals surface area contributed by atoms with E-state index in [1.54, 1.807) is 35.0 Å². The first-order valence-corrected chi connectivity index (χ1v) is 20.1. The molecule has 1 fully saturated rings. The SMILES string of the molecule is CC(C)c1nc(CN(C)C(=O)N[C@@H](CCN2CCOCC2)C(=O)N[C@H](CC/C(=C/c2ccccc2)NC(=O)OCc2cncs2)Cc2ccccc2)cs1. The van der Waals surface area contributed by atoms with E-state index in [4.69, 9.17) is 9.47 Å². The summed E-state index contributed by atoms with van der Waals surface area (Å²) < 4.78 is 11.0. The molecule has 3 N–H and O–H groups in total. The van der Waals surface area contributed by atoms with Crippen LogP contribution >= 0.6 is 22.7 Å². The second kappa shape index (κ2) is 21.3. The van der Waals surface area contributed by atoms with E-state index in [0.29, 0.717) is 63.6 Å².